The molecule has 0 saturated heterocycles. The third kappa shape index (κ3) is 3.50. The maximum absolute atomic E-state index is 11.9. The van der Waals surface area contributed by atoms with Crippen molar-refractivity contribution >= 4 is 18.5 Å². The zero-order chi connectivity index (χ0) is 12.3. The summed E-state index contributed by atoms with van der Waals surface area (Å²) in [5.74, 6) is 0.821. The van der Waals surface area contributed by atoms with Gasteiger partial charge in [-0.15, -0.1) is 0 Å². The van der Waals surface area contributed by atoms with Gasteiger partial charge < -0.3 is 5.32 Å². The lowest BCUT2D eigenvalue weighted by atomic mass is 9.82. The lowest BCUT2D eigenvalue weighted by Gasteiger charge is -2.33. The summed E-state index contributed by atoms with van der Waals surface area (Å²) in [6.07, 6.45) is 2.91. The number of nitrogens with one attached hydrogen (secondary N) is 1. The van der Waals surface area contributed by atoms with Crippen molar-refractivity contribution in [1.29, 1.82) is 0 Å². The Morgan fingerprint density at radius 1 is 1.41 bits per heavy atom. The van der Waals surface area contributed by atoms with E-state index in [1.54, 1.807) is 0 Å². The predicted octanol–water partition coefficient (Wildman–Crippen LogP) is 2.44. The number of rotatable bonds is 4. The quantitative estimate of drug-likeness (QED) is 0.789. The molecule has 1 aliphatic carbocycles. The van der Waals surface area contributed by atoms with Gasteiger partial charge in [0.25, 0.3) is 0 Å². The number of hydrogen-bond acceptors (Lipinski definition) is 2. The fourth-order valence-electron chi connectivity index (χ4n) is 2.25. The van der Waals surface area contributed by atoms with E-state index in [4.69, 9.17) is 0 Å². The average molecular weight is 249 g/mol. The number of carbonyl (C=O) groups is 1. The van der Waals surface area contributed by atoms with Gasteiger partial charge in [0.05, 0.1) is 5.25 Å². The largest absolute Gasteiger partial charge is 0.352 e. The van der Waals surface area contributed by atoms with Gasteiger partial charge in [-0.05, 0) is 30.7 Å². The van der Waals surface area contributed by atoms with Gasteiger partial charge in [-0.1, -0.05) is 37.3 Å². The Hall–Kier alpha value is -0.960. The van der Waals surface area contributed by atoms with Gasteiger partial charge in [0.1, 0.15) is 0 Å². The fraction of sp³-hybridized carbons (Fsp3) is 0.500. The molecule has 1 aromatic rings. The normalized spacial score (nSPS) is 24.8. The molecule has 0 heterocycles. The van der Waals surface area contributed by atoms with Crippen LogP contribution in [0.5, 0.6) is 0 Å². The number of benzene rings is 1. The summed E-state index contributed by atoms with van der Waals surface area (Å²) in [6.45, 7) is 2.21. The van der Waals surface area contributed by atoms with Crippen molar-refractivity contribution in [2.45, 2.75) is 37.5 Å². The molecule has 2 nitrogen and oxygen atoms in total. The van der Waals surface area contributed by atoms with Crippen LogP contribution in [0.25, 0.3) is 0 Å². The first-order chi connectivity index (χ1) is 8.15. The highest BCUT2D eigenvalue weighted by molar-refractivity contribution is 7.81. The van der Waals surface area contributed by atoms with Crippen LogP contribution >= 0.6 is 12.6 Å². The third-order valence-corrected chi connectivity index (χ3v) is 3.71. The van der Waals surface area contributed by atoms with Crippen LogP contribution in [0.1, 0.15) is 25.3 Å². The number of carbonyl (C=O) groups excluding carboxylic acids is 1. The summed E-state index contributed by atoms with van der Waals surface area (Å²) in [5.41, 5.74) is 1.16. The topological polar surface area (TPSA) is 29.1 Å². The Bertz CT molecular complexity index is 373. The van der Waals surface area contributed by atoms with Gasteiger partial charge in [0.15, 0.2) is 0 Å². The molecule has 1 aromatic carbocycles. The van der Waals surface area contributed by atoms with Gasteiger partial charge in [-0.2, -0.15) is 12.6 Å². The van der Waals surface area contributed by atoms with E-state index in [1.165, 1.54) is 0 Å². The Balaban J connectivity index is 1.79. The minimum atomic E-state index is -0.242. The second-order valence-corrected chi connectivity index (χ2v) is 5.61. The van der Waals surface area contributed by atoms with Crippen molar-refractivity contribution in [2.24, 2.45) is 5.92 Å². The molecule has 2 rings (SSSR count). The fourth-order valence-corrected chi connectivity index (χ4v) is 2.53. The van der Waals surface area contributed by atoms with E-state index in [9.17, 15) is 4.79 Å². The predicted molar refractivity (Wildman–Crippen MR) is 73.2 cm³/mol. The van der Waals surface area contributed by atoms with Gasteiger partial charge in [0.2, 0.25) is 5.91 Å². The molecule has 0 spiro atoms. The van der Waals surface area contributed by atoms with E-state index in [2.05, 4.69) is 24.9 Å². The van der Waals surface area contributed by atoms with Crippen LogP contribution in [0.3, 0.4) is 0 Å². The first-order valence-electron chi connectivity index (χ1n) is 6.17. The first kappa shape index (κ1) is 12.5. The standard InChI is InChI=1S/C14H19NOS/c1-10-7-12(8-10)15-14(16)13(17)9-11-5-3-2-4-6-11/h2-6,10,12-13,17H,7-9H2,1H3,(H,15,16). The molecule has 1 unspecified atom stereocenters. The van der Waals surface area contributed by atoms with E-state index >= 15 is 0 Å². The lowest BCUT2D eigenvalue weighted by Crippen LogP contribution is -2.46. The number of amides is 1. The van der Waals surface area contributed by atoms with Crippen LogP contribution in [-0.4, -0.2) is 17.2 Å². The molecule has 1 N–H and O–H groups in total. The molecule has 1 saturated carbocycles. The molecule has 1 aliphatic rings. The van der Waals surface area contributed by atoms with Gasteiger partial charge in [0, 0.05) is 6.04 Å². The van der Waals surface area contributed by atoms with Crippen molar-refractivity contribution < 1.29 is 4.79 Å². The van der Waals surface area contributed by atoms with Crippen LogP contribution < -0.4 is 5.32 Å². The highest BCUT2D eigenvalue weighted by Gasteiger charge is 2.28. The molecule has 92 valence electrons. The molecular weight excluding hydrogens is 230 g/mol. The van der Waals surface area contributed by atoms with Crippen molar-refractivity contribution in [3.63, 3.8) is 0 Å². The summed E-state index contributed by atoms with van der Waals surface area (Å²) in [6, 6.07) is 10.4. The van der Waals surface area contributed by atoms with E-state index in [1.807, 2.05) is 30.3 Å². The van der Waals surface area contributed by atoms with E-state index < -0.39 is 0 Å². The van der Waals surface area contributed by atoms with E-state index in [0.717, 1.165) is 24.3 Å². The zero-order valence-corrected chi connectivity index (χ0v) is 11.0. The van der Waals surface area contributed by atoms with Crippen LogP contribution in [0.4, 0.5) is 0 Å². The van der Waals surface area contributed by atoms with Gasteiger partial charge >= 0.3 is 0 Å². The molecular formula is C14H19NOS. The second-order valence-electron chi connectivity index (χ2n) is 4.99. The van der Waals surface area contributed by atoms with Gasteiger partial charge in [-0.3, -0.25) is 4.79 Å². The smallest absolute Gasteiger partial charge is 0.233 e. The summed E-state index contributed by atoms with van der Waals surface area (Å²) in [4.78, 5) is 11.9. The van der Waals surface area contributed by atoms with Gasteiger partial charge in [-0.25, -0.2) is 0 Å². The maximum Gasteiger partial charge on any atom is 0.233 e. The Kier molecular flexibility index (Phi) is 4.11. The molecule has 17 heavy (non-hydrogen) atoms. The molecule has 1 fully saturated rings. The average Bonchev–Trinajstić information content (AvgIpc) is 2.28. The summed E-state index contributed by atoms with van der Waals surface area (Å²) < 4.78 is 0. The molecule has 1 atom stereocenters. The number of thiol groups is 1. The third-order valence-electron chi connectivity index (χ3n) is 3.29. The SMILES string of the molecule is CC1CC(NC(=O)C(S)Cc2ccccc2)C1. The van der Waals surface area contributed by atoms with Crippen molar-refractivity contribution in [3.8, 4) is 0 Å². The van der Waals surface area contributed by atoms with Crippen molar-refractivity contribution in [3.05, 3.63) is 35.9 Å². The Labute approximate surface area is 108 Å². The summed E-state index contributed by atoms with van der Waals surface area (Å²) in [7, 11) is 0. The summed E-state index contributed by atoms with van der Waals surface area (Å²) >= 11 is 4.38. The summed E-state index contributed by atoms with van der Waals surface area (Å²) in [5, 5.41) is 2.81. The minimum absolute atomic E-state index is 0.0640. The van der Waals surface area contributed by atoms with Crippen molar-refractivity contribution in [2.75, 3.05) is 0 Å². The van der Waals surface area contributed by atoms with Crippen LogP contribution in [0.15, 0.2) is 30.3 Å². The molecule has 1 amide bonds. The van der Waals surface area contributed by atoms with E-state index in [0.29, 0.717) is 12.5 Å². The molecule has 3 heteroatoms. The highest BCUT2D eigenvalue weighted by atomic mass is 32.1. The first-order valence-corrected chi connectivity index (χ1v) is 6.69. The van der Waals surface area contributed by atoms with Crippen LogP contribution in [0.2, 0.25) is 0 Å². The Morgan fingerprint density at radius 3 is 2.65 bits per heavy atom. The second kappa shape index (κ2) is 5.58. The zero-order valence-electron chi connectivity index (χ0n) is 10.1. The molecule has 0 bridgehead atoms. The van der Waals surface area contributed by atoms with E-state index in [-0.39, 0.29) is 11.2 Å². The molecule has 0 aromatic heterocycles. The van der Waals surface area contributed by atoms with Crippen LogP contribution in [-0.2, 0) is 11.2 Å². The minimum Gasteiger partial charge on any atom is -0.352 e. The lowest BCUT2D eigenvalue weighted by molar-refractivity contribution is -0.122. The monoisotopic (exact) mass is 249 g/mol. The Morgan fingerprint density at radius 2 is 2.06 bits per heavy atom. The molecule has 0 radical (unpaired) electrons. The maximum atomic E-state index is 11.9. The van der Waals surface area contributed by atoms with Crippen LogP contribution in [0, 0.1) is 5.92 Å². The van der Waals surface area contributed by atoms with Crippen molar-refractivity contribution in [1.82, 2.24) is 5.32 Å². The number of hydrogen-bond donors (Lipinski definition) is 2. The molecule has 0 aliphatic heterocycles. The highest BCUT2D eigenvalue weighted by Crippen LogP contribution is 2.26.